The van der Waals surface area contributed by atoms with Crippen LogP contribution < -0.4 is 5.69 Å². The van der Waals surface area contributed by atoms with Crippen molar-refractivity contribution in [3.63, 3.8) is 0 Å². The zero-order valence-corrected chi connectivity index (χ0v) is 15.3. The summed E-state index contributed by atoms with van der Waals surface area (Å²) in [5, 5.41) is 11.0. The first-order valence-electron chi connectivity index (χ1n) is 8.45. The third kappa shape index (κ3) is 3.33. The van der Waals surface area contributed by atoms with E-state index in [-0.39, 0.29) is 29.9 Å². The van der Waals surface area contributed by atoms with E-state index < -0.39 is 4.92 Å². The normalized spacial score (nSPS) is 12.1. The maximum atomic E-state index is 12.8. The number of aryl methyl sites for hydroxylation is 1. The lowest BCUT2D eigenvalue weighted by Gasteiger charge is -2.25. The average Bonchev–Trinajstić information content (AvgIpc) is 2.92. The maximum Gasteiger partial charge on any atom is 0.329 e. The van der Waals surface area contributed by atoms with Gasteiger partial charge in [0, 0.05) is 26.2 Å². The largest absolute Gasteiger partial charge is 0.337 e. The number of para-hydroxylation sites is 2. The number of aromatic nitrogens is 2. The van der Waals surface area contributed by atoms with E-state index in [0.29, 0.717) is 11.1 Å². The minimum atomic E-state index is -0.465. The molecule has 0 bridgehead atoms. The van der Waals surface area contributed by atoms with Crippen LogP contribution in [0.15, 0.2) is 53.3 Å². The highest BCUT2D eigenvalue weighted by molar-refractivity contribution is 5.81. The Kier molecular flexibility index (Phi) is 4.81. The summed E-state index contributed by atoms with van der Waals surface area (Å²) < 4.78 is 2.95. The van der Waals surface area contributed by atoms with Gasteiger partial charge in [0.25, 0.3) is 5.69 Å². The molecule has 0 unspecified atom stereocenters. The Balaban J connectivity index is 1.86. The molecule has 140 valence electrons. The van der Waals surface area contributed by atoms with Gasteiger partial charge in [0.15, 0.2) is 0 Å². The average molecular weight is 368 g/mol. The van der Waals surface area contributed by atoms with Crippen molar-refractivity contribution in [2.45, 2.75) is 19.5 Å². The molecule has 1 amide bonds. The number of imidazole rings is 1. The van der Waals surface area contributed by atoms with Crippen LogP contribution in [0, 0.1) is 10.1 Å². The minimum Gasteiger partial charge on any atom is -0.337 e. The number of rotatable bonds is 5. The van der Waals surface area contributed by atoms with Gasteiger partial charge in [0.2, 0.25) is 5.91 Å². The lowest BCUT2D eigenvalue weighted by Crippen LogP contribution is -2.35. The third-order valence-corrected chi connectivity index (χ3v) is 4.88. The van der Waals surface area contributed by atoms with Crippen LogP contribution in [0.25, 0.3) is 11.0 Å². The topological polar surface area (TPSA) is 90.4 Å². The SMILES string of the molecule is C[C@@H](c1cccc([N+](=O)[O-])c1)N(C)C(=O)Cn1c(=O)n(C)c2ccccc21. The van der Waals surface area contributed by atoms with Crippen molar-refractivity contribution in [3.8, 4) is 0 Å². The predicted octanol–water partition coefficient (Wildman–Crippen LogP) is 2.47. The van der Waals surface area contributed by atoms with Crippen molar-refractivity contribution in [1.29, 1.82) is 0 Å². The van der Waals surface area contributed by atoms with Crippen molar-refractivity contribution < 1.29 is 9.72 Å². The lowest BCUT2D eigenvalue weighted by atomic mass is 10.1. The van der Waals surface area contributed by atoms with Gasteiger partial charge in [-0.3, -0.25) is 24.0 Å². The molecule has 27 heavy (non-hydrogen) atoms. The van der Waals surface area contributed by atoms with E-state index in [4.69, 9.17) is 0 Å². The maximum absolute atomic E-state index is 12.8. The summed E-state index contributed by atoms with van der Waals surface area (Å²) in [5.41, 5.74) is 1.82. The monoisotopic (exact) mass is 368 g/mol. The number of nitro benzene ring substituents is 1. The first-order chi connectivity index (χ1) is 12.8. The molecule has 1 atom stereocenters. The molecule has 0 N–H and O–H groups in total. The van der Waals surface area contributed by atoms with Gasteiger partial charge < -0.3 is 4.90 Å². The van der Waals surface area contributed by atoms with E-state index in [1.54, 1.807) is 39.2 Å². The number of non-ortho nitro benzene ring substituents is 1. The molecule has 0 fully saturated rings. The number of amides is 1. The Hall–Kier alpha value is -3.42. The van der Waals surface area contributed by atoms with Crippen LogP contribution in [0.3, 0.4) is 0 Å². The number of likely N-dealkylation sites (N-methyl/N-ethyl adjacent to an activating group) is 1. The molecule has 0 aliphatic rings. The van der Waals surface area contributed by atoms with E-state index in [1.807, 2.05) is 18.2 Å². The summed E-state index contributed by atoms with van der Waals surface area (Å²) in [6.07, 6.45) is 0. The molecule has 1 aromatic heterocycles. The predicted molar refractivity (Wildman–Crippen MR) is 101 cm³/mol. The zero-order valence-electron chi connectivity index (χ0n) is 15.3. The highest BCUT2D eigenvalue weighted by Gasteiger charge is 2.21. The van der Waals surface area contributed by atoms with E-state index in [0.717, 1.165) is 5.52 Å². The van der Waals surface area contributed by atoms with Gasteiger partial charge in [-0.05, 0) is 24.6 Å². The van der Waals surface area contributed by atoms with Crippen LogP contribution in [0.4, 0.5) is 5.69 Å². The van der Waals surface area contributed by atoms with Gasteiger partial charge in [0.05, 0.1) is 22.0 Å². The van der Waals surface area contributed by atoms with Crippen LogP contribution in [0.5, 0.6) is 0 Å². The van der Waals surface area contributed by atoms with Crippen molar-refractivity contribution in [1.82, 2.24) is 14.0 Å². The minimum absolute atomic E-state index is 0.0227. The number of benzene rings is 2. The van der Waals surface area contributed by atoms with Crippen LogP contribution in [-0.2, 0) is 18.4 Å². The summed E-state index contributed by atoms with van der Waals surface area (Å²) >= 11 is 0. The van der Waals surface area contributed by atoms with Gasteiger partial charge >= 0.3 is 5.69 Å². The Labute approximate surface area is 155 Å². The molecule has 0 spiro atoms. The molecular weight excluding hydrogens is 348 g/mol. The Morgan fingerprint density at radius 1 is 1.19 bits per heavy atom. The van der Waals surface area contributed by atoms with Gasteiger partial charge in [0.1, 0.15) is 6.54 Å². The van der Waals surface area contributed by atoms with Gasteiger partial charge in [-0.25, -0.2) is 4.79 Å². The van der Waals surface area contributed by atoms with Crippen LogP contribution in [-0.4, -0.2) is 31.9 Å². The standard InChI is InChI=1S/C19H20N4O4/c1-13(14-7-6-8-15(11-14)23(26)27)20(2)18(24)12-22-17-10-5-4-9-16(17)21(3)19(22)25/h4-11,13H,12H2,1-3H3/t13-/m0/s1. The smallest absolute Gasteiger partial charge is 0.329 e. The molecule has 0 saturated carbocycles. The molecule has 1 heterocycles. The summed E-state index contributed by atoms with van der Waals surface area (Å²) in [4.78, 5) is 37.3. The summed E-state index contributed by atoms with van der Waals surface area (Å²) in [5.74, 6) is -0.257. The lowest BCUT2D eigenvalue weighted by molar-refractivity contribution is -0.384. The number of fused-ring (bicyclic) bond motifs is 1. The fourth-order valence-corrected chi connectivity index (χ4v) is 3.10. The van der Waals surface area contributed by atoms with E-state index >= 15 is 0 Å². The van der Waals surface area contributed by atoms with Gasteiger partial charge in [-0.2, -0.15) is 0 Å². The van der Waals surface area contributed by atoms with Gasteiger partial charge in [-0.1, -0.05) is 24.3 Å². The van der Waals surface area contributed by atoms with E-state index in [9.17, 15) is 19.7 Å². The Morgan fingerprint density at radius 2 is 1.85 bits per heavy atom. The first-order valence-corrected chi connectivity index (χ1v) is 8.45. The highest BCUT2D eigenvalue weighted by atomic mass is 16.6. The molecule has 8 nitrogen and oxygen atoms in total. The van der Waals surface area contributed by atoms with Crippen LogP contribution in [0.2, 0.25) is 0 Å². The number of nitrogens with zero attached hydrogens (tertiary/aromatic N) is 4. The molecular formula is C19H20N4O4. The number of hydrogen-bond donors (Lipinski definition) is 0. The molecule has 0 aliphatic heterocycles. The fourth-order valence-electron chi connectivity index (χ4n) is 3.10. The fraction of sp³-hybridized carbons (Fsp3) is 0.263. The van der Waals surface area contributed by atoms with Crippen LogP contribution in [0.1, 0.15) is 18.5 Å². The van der Waals surface area contributed by atoms with Gasteiger partial charge in [-0.15, -0.1) is 0 Å². The van der Waals surface area contributed by atoms with E-state index in [1.165, 1.54) is 26.2 Å². The quantitative estimate of drug-likeness (QED) is 0.511. The molecule has 8 heteroatoms. The molecule has 0 aliphatic carbocycles. The molecule has 2 aromatic carbocycles. The second-order valence-electron chi connectivity index (χ2n) is 6.45. The summed E-state index contributed by atoms with van der Waals surface area (Å²) in [6, 6.07) is 13.1. The second kappa shape index (κ2) is 7.06. The van der Waals surface area contributed by atoms with Crippen molar-refractivity contribution in [2.24, 2.45) is 7.05 Å². The Bertz CT molecular complexity index is 1080. The zero-order chi connectivity index (χ0) is 19.7. The van der Waals surface area contributed by atoms with Crippen LogP contribution >= 0.6 is 0 Å². The number of nitro groups is 1. The number of carbonyl (C=O) groups excluding carboxylic acids is 1. The highest BCUT2D eigenvalue weighted by Crippen LogP contribution is 2.23. The molecule has 3 rings (SSSR count). The van der Waals surface area contributed by atoms with E-state index in [2.05, 4.69) is 0 Å². The Morgan fingerprint density at radius 3 is 2.52 bits per heavy atom. The van der Waals surface area contributed by atoms with Crippen molar-refractivity contribution in [3.05, 3.63) is 74.7 Å². The molecule has 0 radical (unpaired) electrons. The van der Waals surface area contributed by atoms with Crippen molar-refractivity contribution in [2.75, 3.05) is 7.05 Å². The number of carbonyl (C=O) groups is 1. The summed E-state index contributed by atoms with van der Waals surface area (Å²) in [7, 11) is 3.29. The molecule has 3 aromatic rings. The van der Waals surface area contributed by atoms with Crippen molar-refractivity contribution >= 4 is 22.6 Å². The first kappa shape index (κ1) is 18.4. The second-order valence-corrected chi connectivity index (χ2v) is 6.45. The molecule has 0 saturated heterocycles. The third-order valence-electron chi connectivity index (χ3n) is 4.88. The summed E-state index contributed by atoms with van der Waals surface area (Å²) in [6.45, 7) is 1.69. The number of hydrogen-bond acceptors (Lipinski definition) is 4.